The van der Waals surface area contributed by atoms with Gasteiger partial charge in [-0.3, -0.25) is 14.3 Å². The maximum atomic E-state index is 16.2. The van der Waals surface area contributed by atoms with Gasteiger partial charge < -0.3 is 20.5 Å². The van der Waals surface area contributed by atoms with Gasteiger partial charge in [0.15, 0.2) is 5.82 Å². The highest BCUT2D eigenvalue weighted by atomic mass is 35.5. The Kier molecular flexibility index (Phi) is 8.11. The van der Waals surface area contributed by atoms with Gasteiger partial charge in [-0.15, -0.1) is 0 Å². The fourth-order valence-electron chi connectivity index (χ4n) is 5.74. The van der Waals surface area contributed by atoms with Crippen molar-refractivity contribution >= 4 is 34.3 Å². The van der Waals surface area contributed by atoms with Crippen molar-refractivity contribution in [1.82, 2.24) is 25.4 Å². The van der Waals surface area contributed by atoms with Crippen LogP contribution < -0.4 is 15.4 Å². The molecule has 2 fully saturated rings. The molecule has 2 aromatic heterocycles. The molecule has 7 rings (SSSR count). The van der Waals surface area contributed by atoms with Gasteiger partial charge in [0.05, 0.1) is 36.0 Å². The number of carbonyl (C=O) groups is 2. The molecule has 252 valence electrons. The minimum atomic E-state index is -2.18. The maximum absolute atomic E-state index is 16.2. The molecule has 2 heterocycles. The number of aromatic nitrogens is 3. The molecule has 1 atom stereocenters. The van der Waals surface area contributed by atoms with Crippen LogP contribution in [0.1, 0.15) is 70.6 Å². The van der Waals surface area contributed by atoms with E-state index in [1.807, 2.05) is 10.9 Å². The van der Waals surface area contributed by atoms with Crippen LogP contribution in [-0.4, -0.2) is 50.9 Å². The fourth-order valence-corrected chi connectivity index (χ4v) is 5.91. The number of rotatable bonds is 10. The fraction of sp³-hybridized carbons (Fsp3) is 0.278. The first-order valence-corrected chi connectivity index (χ1v) is 16.1. The van der Waals surface area contributed by atoms with Crippen molar-refractivity contribution in [2.45, 2.75) is 49.8 Å². The van der Waals surface area contributed by atoms with Crippen LogP contribution in [0.2, 0.25) is 5.02 Å². The number of ether oxygens (including phenoxy) is 1. The molecule has 9 nitrogen and oxygen atoms in total. The molecule has 0 spiro atoms. The zero-order chi connectivity index (χ0) is 34.7. The van der Waals surface area contributed by atoms with Crippen molar-refractivity contribution in [3.63, 3.8) is 0 Å². The molecular formula is C36H31ClF3N5O4. The van der Waals surface area contributed by atoms with Gasteiger partial charge in [-0.05, 0) is 62.4 Å². The summed E-state index contributed by atoms with van der Waals surface area (Å²) in [5, 5.41) is 22.7. The van der Waals surface area contributed by atoms with Crippen molar-refractivity contribution < 1.29 is 32.6 Å². The Balaban J connectivity index is 1.31. The lowest BCUT2D eigenvalue weighted by atomic mass is 9.88. The Hall–Kier alpha value is -4.94. The van der Waals surface area contributed by atoms with E-state index >= 15 is 8.78 Å². The predicted molar refractivity (Wildman–Crippen MR) is 176 cm³/mol. The summed E-state index contributed by atoms with van der Waals surface area (Å²) >= 11 is 5.95. The van der Waals surface area contributed by atoms with Gasteiger partial charge in [0.25, 0.3) is 11.8 Å². The summed E-state index contributed by atoms with van der Waals surface area (Å²) in [6.07, 6.45) is 5.23. The number of hydrogen-bond donors (Lipinski definition) is 3. The monoisotopic (exact) mass is 689 g/mol. The third-order valence-electron chi connectivity index (χ3n) is 9.06. The van der Waals surface area contributed by atoms with Crippen molar-refractivity contribution in [1.29, 1.82) is 0 Å². The lowest BCUT2D eigenvalue weighted by Gasteiger charge is -2.30. The third kappa shape index (κ3) is 6.22. The molecular weight excluding hydrogens is 659 g/mol. The summed E-state index contributed by atoms with van der Waals surface area (Å²) in [6, 6.07) is 14.1. The van der Waals surface area contributed by atoms with E-state index in [1.165, 1.54) is 7.11 Å². The molecule has 2 aliphatic carbocycles. The number of halogens is 4. The molecule has 0 aliphatic heterocycles. The molecule has 0 saturated heterocycles. The highest BCUT2D eigenvalue weighted by molar-refractivity contribution is 6.31. The molecule has 3 aromatic carbocycles. The number of aliphatic hydroxyl groups is 1. The van der Waals surface area contributed by atoms with Crippen molar-refractivity contribution in [3.05, 3.63) is 112 Å². The SMILES string of the molecule is COc1cc(C(=O)NC[C@@](O)(c2ccccc2)c2cc(C(=O)NC3(C)CC3)c(F)c(-c3cc(Cl)c(F)cc3F)n2)cc2cn(C3CC3)nc12. The van der Waals surface area contributed by atoms with E-state index in [-0.39, 0.29) is 16.8 Å². The molecule has 2 aliphatic rings. The van der Waals surface area contributed by atoms with Crippen LogP contribution in [-0.2, 0) is 5.60 Å². The van der Waals surface area contributed by atoms with E-state index in [0.29, 0.717) is 41.6 Å². The Bertz CT molecular complexity index is 2130. The smallest absolute Gasteiger partial charge is 0.254 e. The molecule has 0 bridgehead atoms. The van der Waals surface area contributed by atoms with Gasteiger partial charge >= 0.3 is 0 Å². The van der Waals surface area contributed by atoms with E-state index in [9.17, 15) is 19.1 Å². The summed E-state index contributed by atoms with van der Waals surface area (Å²) < 4.78 is 52.9. The first-order chi connectivity index (χ1) is 23.4. The largest absolute Gasteiger partial charge is 0.494 e. The number of hydrogen-bond acceptors (Lipinski definition) is 6. The number of amides is 2. The zero-order valence-corrected chi connectivity index (χ0v) is 27.2. The van der Waals surface area contributed by atoms with Gasteiger partial charge in [-0.2, -0.15) is 5.10 Å². The maximum Gasteiger partial charge on any atom is 0.254 e. The Morgan fingerprint density at radius 3 is 2.47 bits per heavy atom. The van der Waals surface area contributed by atoms with E-state index in [0.717, 1.165) is 25.0 Å². The summed E-state index contributed by atoms with van der Waals surface area (Å²) in [5.74, 6) is -4.45. The summed E-state index contributed by atoms with van der Waals surface area (Å²) in [6.45, 7) is 1.30. The second-order valence-corrected chi connectivity index (χ2v) is 13.3. The van der Waals surface area contributed by atoms with E-state index in [2.05, 4.69) is 20.7 Å². The van der Waals surface area contributed by atoms with Crippen LogP contribution in [0.25, 0.3) is 22.2 Å². The highest BCUT2D eigenvalue weighted by Gasteiger charge is 2.41. The summed E-state index contributed by atoms with van der Waals surface area (Å²) in [5.41, 5.74) is -3.68. The third-order valence-corrected chi connectivity index (χ3v) is 9.35. The van der Waals surface area contributed by atoms with E-state index < -0.39 is 68.8 Å². The quantitative estimate of drug-likeness (QED) is 0.145. The lowest BCUT2D eigenvalue weighted by Crippen LogP contribution is -2.43. The van der Waals surface area contributed by atoms with E-state index in [4.69, 9.17) is 16.3 Å². The number of benzene rings is 3. The average Bonchev–Trinajstić information content (AvgIpc) is 4.03. The van der Waals surface area contributed by atoms with Crippen LogP contribution in [0.4, 0.5) is 13.2 Å². The topological polar surface area (TPSA) is 118 Å². The number of methoxy groups -OCH3 is 1. The second kappa shape index (κ2) is 12.2. The van der Waals surface area contributed by atoms with Crippen LogP contribution in [0.15, 0.2) is 66.9 Å². The number of pyridine rings is 1. The minimum Gasteiger partial charge on any atom is -0.494 e. The van der Waals surface area contributed by atoms with Crippen LogP contribution in [0.3, 0.4) is 0 Å². The highest BCUT2D eigenvalue weighted by Crippen LogP contribution is 2.39. The molecule has 2 saturated carbocycles. The van der Waals surface area contributed by atoms with Crippen molar-refractivity contribution in [2.24, 2.45) is 0 Å². The predicted octanol–water partition coefficient (Wildman–Crippen LogP) is 6.46. The number of nitrogens with one attached hydrogen (secondary N) is 2. The van der Waals surface area contributed by atoms with Crippen LogP contribution in [0, 0.1) is 17.5 Å². The van der Waals surface area contributed by atoms with Gasteiger partial charge in [0, 0.05) is 34.3 Å². The number of fused-ring (bicyclic) bond motifs is 1. The van der Waals surface area contributed by atoms with Crippen LogP contribution in [0.5, 0.6) is 5.75 Å². The molecule has 3 N–H and O–H groups in total. The van der Waals surface area contributed by atoms with Gasteiger partial charge in [0.1, 0.15) is 34.2 Å². The first kappa shape index (κ1) is 32.6. The molecule has 13 heteroatoms. The zero-order valence-electron chi connectivity index (χ0n) is 26.5. The molecule has 49 heavy (non-hydrogen) atoms. The van der Waals surface area contributed by atoms with E-state index in [1.54, 1.807) is 49.4 Å². The number of nitrogens with zero attached hydrogens (tertiary/aromatic N) is 3. The standard InChI is InChI=1S/C36H31ClF3N5O4/c1-35(10-11-35)43-34(47)24-15-29(42-32(30(24)40)23-14-25(37)27(39)16-26(23)38)36(48,21-6-4-3-5-7-21)18-41-33(46)19-12-20-17-45(22-8-9-22)44-31(20)28(13-19)49-2/h3-7,12-17,22,48H,8-11,18H2,1-2H3,(H,41,46)(H,43,47)/t36-/m1/s1. The Morgan fingerprint density at radius 1 is 1.06 bits per heavy atom. The van der Waals surface area contributed by atoms with Gasteiger partial charge in [0.2, 0.25) is 0 Å². The normalized spacial score (nSPS) is 16.2. The summed E-state index contributed by atoms with van der Waals surface area (Å²) in [7, 11) is 1.48. The van der Waals surface area contributed by atoms with Gasteiger partial charge in [-0.1, -0.05) is 41.9 Å². The van der Waals surface area contributed by atoms with Crippen molar-refractivity contribution in [2.75, 3.05) is 13.7 Å². The Morgan fingerprint density at radius 2 is 1.80 bits per heavy atom. The molecule has 0 unspecified atom stereocenters. The van der Waals surface area contributed by atoms with Gasteiger partial charge in [-0.25, -0.2) is 18.2 Å². The summed E-state index contributed by atoms with van der Waals surface area (Å²) in [4.78, 5) is 31.4. The molecule has 5 aromatic rings. The second-order valence-electron chi connectivity index (χ2n) is 12.8. The molecule has 0 radical (unpaired) electrons. The van der Waals surface area contributed by atoms with Crippen LogP contribution >= 0.6 is 11.6 Å². The minimum absolute atomic E-state index is 0.226. The lowest BCUT2D eigenvalue weighted by molar-refractivity contribution is 0.0664. The first-order valence-electron chi connectivity index (χ1n) is 15.7. The average molecular weight is 690 g/mol. The number of carbonyl (C=O) groups excluding carboxylic acids is 2. The van der Waals surface area contributed by atoms with Crippen molar-refractivity contribution in [3.8, 4) is 17.0 Å². The molecule has 2 amide bonds. The Labute approximate surface area is 284 Å².